The quantitative estimate of drug-likeness (QED) is 0.587. The topological polar surface area (TPSA) is 83.5 Å². The number of rotatable bonds is 2. The molecule has 3 atom stereocenters. The smallest absolute Gasteiger partial charge is 0.372 e. The van der Waals surface area contributed by atoms with Gasteiger partial charge in [-0.3, -0.25) is 9.59 Å². The first kappa shape index (κ1) is 9.18. The van der Waals surface area contributed by atoms with Crippen LogP contribution in [0, 0.1) is 11.8 Å². The molecule has 0 aromatic rings. The minimum Gasteiger partial charge on any atom is -0.475 e. The molecule has 0 aromatic carbocycles. The van der Waals surface area contributed by atoms with E-state index in [9.17, 15) is 14.4 Å². The lowest BCUT2D eigenvalue weighted by atomic mass is 9.96. The minimum absolute atomic E-state index is 0.0668. The van der Waals surface area contributed by atoms with Crippen LogP contribution in [0.5, 0.6) is 0 Å². The van der Waals surface area contributed by atoms with Gasteiger partial charge in [-0.05, 0) is 18.8 Å². The molecule has 14 heavy (non-hydrogen) atoms. The number of fused-ring (bicyclic) bond motifs is 1. The van der Waals surface area contributed by atoms with Crippen LogP contribution in [0.1, 0.15) is 19.3 Å². The highest BCUT2D eigenvalue weighted by molar-refractivity contribution is 6.33. The summed E-state index contributed by atoms with van der Waals surface area (Å²) in [5.74, 6) is -2.57. The number of aliphatic carboxylic acids is 1. The van der Waals surface area contributed by atoms with Crippen molar-refractivity contribution in [2.75, 3.05) is 0 Å². The third kappa shape index (κ3) is 1.29. The van der Waals surface area contributed by atoms with Gasteiger partial charge in [-0.15, -0.1) is 0 Å². The van der Waals surface area contributed by atoms with E-state index >= 15 is 0 Å². The highest BCUT2D eigenvalue weighted by atomic mass is 16.4. The zero-order chi connectivity index (χ0) is 10.3. The molecule has 0 spiro atoms. The van der Waals surface area contributed by atoms with Crippen LogP contribution < -0.4 is 5.32 Å². The number of ketones is 1. The highest BCUT2D eigenvalue weighted by Crippen LogP contribution is 2.37. The number of hydrogen-bond donors (Lipinski definition) is 2. The van der Waals surface area contributed by atoms with E-state index in [1.165, 1.54) is 0 Å². The van der Waals surface area contributed by atoms with Crippen LogP contribution in [0.2, 0.25) is 0 Å². The molecule has 0 aromatic heterocycles. The van der Waals surface area contributed by atoms with Gasteiger partial charge in [0, 0.05) is 18.4 Å². The maximum atomic E-state index is 11.2. The molecule has 2 rings (SSSR count). The molecule has 1 aliphatic heterocycles. The Morgan fingerprint density at radius 1 is 1.36 bits per heavy atom. The lowest BCUT2D eigenvalue weighted by Crippen LogP contribution is -2.38. The number of hydrogen-bond acceptors (Lipinski definition) is 3. The molecule has 1 saturated carbocycles. The molecule has 5 nitrogen and oxygen atoms in total. The molecule has 2 aliphatic rings. The summed E-state index contributed by atoms with van der Waals surface area (Å²) < 4.78 is 0. The van der Waals surface area contributed by atoms with Gasteiger partial charge in [0.05, 0.1) is 0 Å². The van der Waals surface area contributed by atoms with E-state index in [4.69, 9.17) is 5.11 Å². The summed E-state index contributed by atoms with van der Waals surface area (Å²) in [4.78, 5) is 32.8. The third-order valence-corrected chi connectivity index (χ3v) is 3.11. The molecule has 2 fully saturated rings. The van der Waals surface area contributed by atoms with Gasteiger partial charge >= 0.3 is 5.97 Å². The average Bonchev–Trinajstić information content (AvgIpc) is 2.61. The van der Waals surface area contributed by atoms with Crippen LogP contribution in [0.25, 0.3) is 0 Å². The van der Waals surface area contributed by atoms with Crippen molar-refractivity contribution in [2.24, 2.45) is 11.8 Å². The zero-order valence-corrected chi connectivity index (χ0v) is 7.53. The van der Waals surface area contributed by atoms with Gasteiger partial charge in [-0.2, -0.15) is 0 Å². The van der Waals surface area contributed by atoms with Gasteiger partial charge < -0.3 is 10.4 Å². The summed E-state index contributed by atoms with van der Waals surface area (Å²) in [7, 11) is 0. The Morgan fingerprint density at radius 3 is 2.71 bits per heavy atom. The summed E-state index contributed by atoms with van der Waals surface area (Å²) in [5, 5.41) is 11.2. The maximum absolute atomic E-state index is 11.2. The first-order valence-electron chi connectivity index (χ1n) is 4.66. The lowest BCUT2D eigenvalue weighted by molar-refractivity contribution is -0.151. The largest absolute Gasteiger partial charge is 0.475 e. The molecule has 5 heteroatoms. The Kier molecular flexibility index (Phi) is 2.02. The molecule has 1 heterocycles. The molecule has 3 unspecified atom stereocenters. The Morgan fingerprint density at radius 2 is 2.07 bits per heavy atom. The fourth-order valence-electron chi connectivity index (χ4n) is 2.46. The van der Waals surface area contributed by atoms with E-state index < -0.39 is 17.7 Å². The van der Waals surface area contributed by atoms with Gasteiger partial charge in [-0.1, -0.05) is 0 Å². The van der Waals surface area contributed by atoms with Crippen molar-refractivity contribution in [3.8, 4) is 0 Å². The van der Waals surface area contributed by atoms with E-state index in [-0.39, 0.29) is 17.9 Å². The number of amides is 1. The molecule has 2 N–H and O–H groups in total. The Hall–Kier alpha value is -1.39. The van der Waals surface area contributed by atoms with Gasteiger partial charge in [-0.25, -0.2) is 4.79 Å². The highest BCUT2D eigenvalue weighted by Gasteiger charge is 2.47. The summed E-state index contributed by atoms with van der Waals surface area (Å²) >= 11 is 0. The lowest BCUT2D eigenvalue weighted by Gasteiger charge is -2.14. The second-order valence-corrected chi connectivity index (χ2v) is 3.91. The number of nitrogens with one attached hydrogen (secondary N) is 1. The normalized spacial score (nSPS) is 35.1. The van der Waals surface area contributed by atoms with E-state index in [2.05, 4.69) is 5.32 Å². The standard InChI is InChI=1S/C9H11NO4/c11-6-3-4-1-2-5(7(4)10-6)8(12)9(13)14/h4-5,7H,1-3H2,(H,10,11)(H,13,14). The van der Waals surface area contributed by atoms with E-state index in [0.717, 1.165) is 6.42 Å². The van der Waals surface area contributed by atoms with Crippen LogP contribution in [0.3, 0.4) is 0 Å². The zero-order valence-electron chi connectivity index (χ0n) is 7.53. The molecule has 1 saturated heterocycles. The number of carboxylic acid groups (broad SMARTS) is 1. The molecule has 0 bridgehead atoms. The number of carboxylic acids is 1. The second-order valence-electron chi connectivity index (χ2n) is 3.91. The summed E-state index contributed by atoms with van der Waals surface area (Å²) in [6.45, 7) is 0. The van der Waals surface area contributed by atoms with Crippen LogP contribution in [-0.4, -0.2) is 28.8 Å². The van der Waals surface area contributed by atoms with Gasteiger partial charge in [0.25, 0.3) is 0 Å². The van der Waals surface area contributed by atoms with Crippen molar-refractivity contribution < 1.29 is 19.5 Å². The number of Topliss-reactive ketones (excluding diaryl/α,β-unsaturated/α-hetero) is 1. The monoisotopic (exact) mass is 197 g/mol. The van der Waals surface area contributed by atoms with Gasteiger partial charge in [0.2, 0.25) is 11.7 Å². The Bertz CT molecular complexity index is 312. The summed E-state index contributed by atoms with van der Waals surface area (Å²) in [6, 6.07) is -0.230. The van der Waals surface area contributed by atoms with Crippen LogP contribution in [-0.2, 0) is 14.4 Å². The fraction of sp³-hybridized carbons (Fsp3) is 0.667. The molecular formula is C9H11NO4. The van der Waals surface area contributed by atoms with E-state index in [1.807, 2.05) is 0 Å². The minimum atomic E-state index is -1.39. The van der Waals surface area contributed by atoms with E-state index in [1.54, 1.807) is 0 Å². The molecule has 0 radical (unpaired) electrons. The average molecular weight is 197 g/mol. The summed E-state index contributed by atoms with van der Waals surface area (Å²) in [5.41, 5.74) is 0. The number of carbonyl (C=O) groups is 3. The van der Waals surface area contributed by atoms with Gasteiger partial charge in [0.15, 0.2) is 0 Å². The SMILES string of the molecule is O=C1CC2CCC(C(=O)C(=O)O)C2N1. The summed E-state index contributed by atoms with van der Waals surface area (Å²) in [6.07, 6.45) is 1.79. The van der Waals surface area contributed by atoms with Crippen molar-refractivity contribution >= 4 is 17.7 Å². The van der Waals surface area contributed by atoms with Crippen LogP contribution >= 0.6 is 0 Å². The fourth-order valence-corrected chi connectivity index (χ4v) is 2.46. The molecule has 1 amide bonds. The molecular weight excluding hydrogens is 186 g/mol. The molecule has 1 aliphatic carbocycles. The van der Waals surface area contributed by atoms with Crippen molar-refractivity contribution in [3.05, 3.63) is 0 Å². The second kappa shape index (κ2) is 3.08. The van der Waals surface area contributed by atoms with E-state index in [0.29, 0.717) is 12.8 Å². The third-order valence-electron chi connectivity index (χ3n) is 3.11. The predicted octanol–water partition coefficient (Wildman–Crippen LogP) is -0.445. The van der Waals surface area contributed by atoms with Gasteiger partial charge in [0.1, 0.15) is 0 Å². The van der Waals surface area contributed by atoms with Crippen molar-refractivity contribution in [2.45, 2.75) is 25.3 Å². The van der Waals surface area contributed by atoms with Crippen LogP contribution in [0.4, 0.5) is 0 Å². The Labute approximate surface area is 80.5 Å². The van der Waals surface area contributed by atoms with Crippen LogP contribution in [0.15, 0.2) is 0 Å². The van der Waals surface area contributed by atoms with Crippen molar-refractivity contribution in [3.63, 3.8) is 0 Å². The number of carbonyl (C=O) groups excluding carboxylic acids is 2. The Balaban J connectivity index is 2.12. The first-order chi connectivity index (χ1) is 6.59. The van der Waals surface area contributed by atoms with Crippen molar-refractivity contribution in [1.82, 2.24) is 5.32 Å². The first-order valence-corrected chi connectivity index (χ1v) is 4.66. The maximum Gasteiger partial charge on any atom is 0.372 e. The van der Waals surface area contributed by atoms with Crippen molar-refractivity contribution in [1.29, 1.82) is 0 Å². The predicted molar refractivity (Wildman–Crippen MR) is 45.4 cm³/mol. The molecule has 76 valence electrons.